The van der Waals surface area contributed by atoms with Gasteiger partial charge in [0.1, 0.15) is 15.6 Å². The number of carbonyl (C=O) groups is 3. The first kappa shape index (κ1) is 23.2. The second kappa shape index (κ2) is 10.2. The summed E-state index contributed by atoms with van der Waals surface area (Å²) >= 11 is 2.05. The summed E-state index contributed by atoms with van der Waals surface area (Å²) in [5.74, 6) is -1.04. The topological polar surface area (TPSA) is 135 Å². The van der Waals surface area contributed by atoms with Gasteiger partial charge < -0.3 is 19.5 Å². The lowest BCUT2D eigenvalue weighted by Crippen LogP contribution is -2.16. The molecule has 3 aromatic rings. The van der Waals surface area contributed by atoms with Crippen molar-refractivity contribution in [3.63, 3.8) is 0 Å². The molecular weight excluding hydrogens is 458 g/mol. The lowest BCUT2D eigenvalue weighted by Gasteiger charge is -2.07. The Balaban J connectivity index is 1.74. The molecular formula is C19H19N5O6S2. The fraction of sp³-hybridized carbons (Fsp3) is 0.263. The summed E-state index contributed by atoms with van der Waals surface area (Å²) in [7, 11) is 4.03. The van der Waals surface area contributed by atoms with Crippen LogP contribution >= 0.6 is 23.1 Å². The average molecular weight is 478 g/mol. The maximum absolute atomic E-state index is 12.6. The van der Waals surface area contributed by atoms with E-state index in [9.17, 15) is 14.4 Å². The van der Waals surface area contributed by atoms with E-state index in [4.69, 9.17) is 14.2 Å². The molecule has 0 saturated heterocycles. The van der Waals surface area contributed by atoms with Crippen molar-refractivity contribution in [2.75, 3.05) is 32.4 Å². The SMILES string of the molecule is COC(=O)c1sc(NC(=O)CSc2nnnn2-c2ccc(OC)cc2)c(C(=O)OC)c1C. The van der Waals surface area contributed by atoms with Crippen LogP contribution in [-0.2, 0) is 14.3 Å². The van der Waals surface area contributed by atoms with Crippen LogP contribution in [0.5, 0.6) is 5.75 Å². The number of nitrogens with zero attached hydrogens (tertiary/aromatic N) is 4. The van der Waals surface area contributed by atoms with Gasteiger partial charge in [0.05, 0.1) is 38.3 Å². The zero-order valence-corrected chi connectivity index (χ0v) is 19.2. The number of rotatable bonds is 8. The highest BCUT2D eigenvalue weighted by Gasteiger charge is 2.27. The Morgan fingerprint density at radius 1 is 1.09 bits per heavy atom. The largest absolute Gasteiger partial charge is 0.497 e. The van der Waals surface area contributed by atoms with E-state index in [0.29, 0.717) is 22.2 Å². The van der Waals surface area contributed by atoms with Gasteiger partial charge in [0.2, 0.25) is 11.1 Å². The predicted octanol–water partition coefficient (Wildman–Crippen LogP) is 2.34. The van der Waals surface area contributed by atoms with Crippen molar-refractivity contribution in [2.24, 2.45) is 0 Å². The number of ether oxygens (including phenoxy) is 3. The molecule has 2 aromatic heterocycles. The number of thiophene rings is 1. The van der Waals surface area contributed by atoms with Gasteiger partial charge in [-0.25, -0.2) is 9.59 Å². The lowest BCUT2D eigenvalue weighted by atomic mass is 10.1. The van der Waals surface area contributed by atoms with Gasteiger partial charge in [0, 0.05) is 0 Å². The van der Waals surface area contributed by atoms with Crippen LogP contribution in [0.3, 0.4) is 0 Å². The van der Waals surface area contributed by atoms with E-state index < -0.39 is 17.8 Å². The highest BCUT2D eigenvalue weighted by atomic mass is 32.2. The standard InChI is InChI=1S/C19H19N5O6S2/c1-10-14(17(26)29-3)16(32-15(10)18(27)30-4)20-13(25)9-31-19-21-22-23-24(19)11-5-7-12(28-2)8-6-11/h5-8H,9H2,1-4H3,(H,20,25). The molecule has 3 rings (SSSR count). The molecule has 2 heterocycles. The van der Waals surface area contributed by atoms with E-state index >= 15 is 0 Å². The quantitative estimate of drug-likeness (QED) is 0.380. The summed E-state index contributed by atoms with van der Waals surface area (Å²) in [6, 6.07) is 7.10. The number of thioether (sulfide) groups is 1. The molecule has 0 fully saturated rings. The normalized spacial score (nSPS) is 10.5. The minimum Gasteiger partial charge on any atom is -0.497 e. The van der Waals surface area contributed by atoms with Gasteiger partial charge in [-0.15, -0.1) is 16.4 Å². The smallest absolute Gasteiger partial charge is 0.348 e. The van der Waals surface area contributed by atoms with Crippen molar-refractivity contribution < 1.29 is 28.6 Å². The molecule has 168 valence electrons. The van der Waals surface area contributed by atoms with Crippen LogP contribution in [0, 0.1) is 6.92 Å². The Hall–Kier alpha value is -3.45. The second-order valence-corrected chi connectivity index (χ2v) is 8.11. The molecule has 0 spiro atoms. The molecule has 0 bridgehead atoms. The Morgan fingerprint density at radius 3 is 2.41 bits per heavy atom. The van der Waals surface area contributed by atoms with Gasteiger partial charge in [-0.2, -0.15) is 4.68 Å². The fourth-order valence-electron chi connectivity index (χ4n) is 2.68. The van der Waals surface area contributed by atoms with Crippen molar-refractivity contribution in [3.05, 3.63) is 40.3 Å². The monoisotopic (exact) mass is 477 g/mol. The fourth-order valence-corrected chi connectivity index (χ4v) is 4.50. The first-order chi connectivity index (χ1) is 15.4. The molecule has 0 radical (unpaired) electrons. The van der Waals surface area contributed by atoms with Crippen molar-refractivity contribution >= 4 is 45.9 Å². The number of hydrogen-bond donors (Lipinski definition) is 1. The molecule has 0 aliphatic heterocycles. The average Bonchev–Trinajstić information content (AvgIpc) is 3.41. The summed E-state index contributed by atoms with van der Waals surface area (Å²) in [5.41, 5.74) is 1.18. The number of methoxy groups -OCH3 is 3. The van der Waals surface area contributed by atoms with Crippen LogP contribution < -0.4 is 10.1 Å². The Bertz CT molecular complexity index is 1140. The van der Waals surface area contributed by atoms with E-state index in [-0.39, 0.29) is 21.2 Å². The zero-order chi connectivity index (χ0) is 23.3. The number of anilines is 1. The van der Waals surface area contributed by atoms with Gasteiger partial charge in [0.25, 0.3) is 0 Å². The van der Waals surface area contributed by atoms with Crippen LogP contribution in [0.4, 0.5) is 5.00 Å². The molecule has 1 aromatic carbocycles. The van der Waals surface area contributed by atoms with Gasteiger partial charge in [-0.3, -0.25) is 4.79 Å². The third-order valence-corrected chi connectivity index (χ3v) is 6.36. The molecule has 1 amide bonds. The van der Waals surface area contributed by atoms with E-state index in [1.54, 1.807) is 38.3 Å². The molecule has 0 aliphatic rings. The Labute approximate surface area is 191 Å². The zero-order valence-electron chi connectivity index (χ0n) is 17.6. The molecule has 13 heteroatoms. The van der Waals surface area contributed by atoms with E-state index in [2.05, 4.69) is 20.8 Å². The Morgan fingerprint density at radius 2 is 1.78 bits per heavy atom. The van der Waals surface area contributed by atoms with Gasteiger partial charge in [-0.05, 0) is 47.2 Å². The summed E-state index contributed by atoms with van der Waals surface area (Å²) in [6.07, 6.45) is 0. The summed E-state index contributed by atoms with van der Waals surface area (Å²) < 4.78 is 16.2. The third-order valence-electron chi connectivity index (χ3n) is 4.25. The van der Waals surface area contributed by atoms with Gasteiger partial charge in [0.15, 0.2) is 0 Å². The third kappa shape index (κ3) is 4.89. The highest BCUT2D eigenvalue weighted by Crippen LogP contribution is 2.34. The molecule has 0 saturated carbocycles. The molecule has 11 nitrogen and oxygen atoms in total. The lowest BCUT2D eigenvalue weighted by molar-refractivity contribution is -0.113. The van der Waals surface area contributed by atoms with Crippen molar-refractivity contribution in [1.29, 1.82) is 0 Å². The molecule has 32 heavy (non-hydrogen) atoms. The second-order valence-electron chi connectivity index (χ2n) is 6.15. The molecule has 1 N–H and O–H groups in total. The van der Waals surface area contributed by atoms with Crippen molar-refractivity contribution in [1.82, 2.24) is 20.2 Å². The first-order valence-corrected chi connectivity index (χ1v) is 10.8. The molecule has 0 unspecified atom stereocenters. The van der Waals surface area contributed by atoms with Gasteiger partial charge >= 0.3 is 11.9 Å². The maximum atomic E-state index is 12.6. The number of benzene rings is 1. The number of hydrogen-bond acceptors (Lipinski definition) is 11. The van der Waals surface area contributed by atoms with Crippen molar-refractivity contribution in [3.8, 4) is 11.4 Å². The molecule has 0 aliphatic carbocycles. The van der Waals surface area contributed by atoms with Crippen LogP contribution in [0.15, 0.2) is 29.4 Å². The van der Waals surface area contributed by atoms with Crippen LogP contribution in [0.25, 0.3) is 5.69 Å². The van der Waals surface area contributed by atoms with Crippen LogP contribution in [0.1, 0.15) is 25.6 Å². The summed E-state index contributed by atoms with van der Waals surface area (Å²) in [4.78, 5) is 36.9. The maximum Gasteiger partial charge on any atom is 0.348 e. The summed E-state index contributed by atoms with van der Waals surface area (Å²) in [5, 5.41) is 14.8. The highest BCUT2D eigenvalue weighted by molar-refractivity contribution is 7.99. The first-order valence-electron chi connectivity index (χ1n) is 9.05. The van der Waals surface area contributed by atoms with Crippen LogP contribution in [-0.4, -0.2) is 65.1 Å². The number of carbonyl (C=O) groups excluding carboxylic acids is 3. The minimum atomic E-state index is -0.666. The van der Waals surface area contributed by atoms with E-state index in [1.165, 1.54) is 18.9 Å². The summed E-state index contributed by atoms with van der Waals surface area (Å²) in [6.45, 7) is 1.59. The van der Waals surface area contributed by atoms with Gasteiger partial charge in [-0.1, -0.05) is 11.8 Å². The Kier molecular flexibility index (Phi) is 7.43. The number of amides is 1. The number of nitrogens with one attached hydrogen (secondary N) is 1. The number of tetrazole rings is 1. The van der Waals surface area contributed by atoms with Crippen LogP contribution in [0.2, 0.25) is 0 Å². The minimum absolute atomic E-state index is 0.0400. The molecule has 0 atom stereocenters. The predicted molar refractivity (Wildman–Crippen MR) is 117 cm³/mol. The van der Waals surface area contributed by atoms with E-state index in [0.717, 1.165) is 23.1 Å². The number of esters is 2. The number of aromatic nitrogens is 4. The van der Waals surface area contributed by atoms with Crippen molar-refractivity contribution in [2.45, 2.75) is 12.1 Å². The van der Waals surface area contributed by atoms with E-state index in [1.807, 2.05) is 0 Å².